The molecule has 0 spiro atoms. The molecule has 2 N–H and O–H groups in total. The van der Waals surface area contributed by atoms with Crippen LogP contribution in [0.2, 0.25) is 0 Å². The Hall–Kier alpha value is -3.52. The first-order chi connectivity index (χ1) is 15.9. The SMILES string of the molecule is O=C1CCC(N2Cc3c(CC(=O)N4CCc5cc(CO)ccc5C4)cccc3C2=O)C(=O)N1. The molecule has 4 amide bonds. The van der Waals surface area contributed by atoms with Crippen molar-refractivity contribution in [2.75, 3.05) is 6.54 Å². The molecule has 1 atom stereocenters. The summed E-state index contributed by atoms with van der Waals surface area (Å²) in [6.45, 7) is 1.40. The lowest BCUT2D eigenvalue weighted by molar-refractivity contribution is -0.137. The summed E-state index contributed by atoms with van der Waals surface area (Å²) in [6, 6.07) is 10.5. The number of piperidine rings is 1. The molecular weight excluding hydrogens is 422 g/mol. The van der Waals surface area contributed by atoms with Crippen LogP contribution in [0.4, 0.5) is 0 Å². The van der Waals surface area contributed by atoms with Crippen molar-refractivity contribution in [1.82, 2.24) is 15.1 Å². The minimum absolute atomic E-state index is 0.00358. The number of benzene rings is 2. The standard InChI is InChI=1S/C25H25N3O5/c29-14-15-4-5-18-12-27(9-8-16(18)10-15)23(31)11-17-2-1-3-19-20(17)13-28(25(19)33)21-6-7-22(30)26-24(21)32/h1-5,10,21,29H,6-9,11-14H2,(H,26,30,32). The Bertz CT molecular complexity index is 1170. The zero-order valence-electron chi connectivity index (χ0n) is 18.2. The quantitative estimate of drug-likeness (QED) is 0.682. The van der Waals surface area contributed by atoms with Crippen molar-refractivity contribution < 1.29 is 24.3 Å². The van der Waals surface area contributed by atoms with Crippen LogP contribution in [0, 0.1) is 0 Å². The van der Waals surface area contributed by atoms with Crippen molar-refractivity contribution in [2.45, 2.75) is 51.4 Å². The van der Waals surface area contributed by atoms with Gasteiger partial charge >= 0.3 is 0 Å². The molecule has 1 unspecified atom stereocenters. The molecule has 8 heteroatoms. The summed E-state index contributed by atoms with van der Waals surface area (Å²) >= 11 is 0. The van der Waals surface area contributed by atoms with Crippen LogP contribution >= 0.6 is 0 Å². The molecule has 1 fully saturated rings. The van der Waals surface area contributed by atoms with E-state index in [0.717, 1.165) is 34.2 Å². The van der Waals surface area contributed by atoms with Crippen molar-refractivity contribution in [1.29, 1.82) is 0 Å². The Balaban J connectivity index is 1.31. The maximum Gasteiger partial charge on any atom is 0.255 e. The fraction of sp³-hybridized carbons (Fsp3) is 0.360. The van der Waals surface area contributed by atoms with Gasteiger partial charge in [0.1, 0.15) is 6.04 Å². The van der Waals surface area contributed by atoms with Gasteiger partial charge in [0.2, 0.25) is 17.7 Å². The molecule has 2 aromatic carbocycles. The summed E-state index contributed by atoms with van der Waals surface area (Å²) in [7, 11) is 0. The molecule has 8 nitrogen and oxygen atoms in total. The molecule has 1 saturated heterocycles. The number of rotatable bonds is 4. The van der Waals surface area contributed by atoms with Crippen LogP contribution in [0.3, 0.4) is 0 Å². The second kappa shape index (κ2) is 8.44. The zero-order valence-corrected chi connectivity index (χ0v) is 18.2. The highest BCUT2D eigenvalue weighted by Gasteiger charge is 2.40. The smallest absolute Gasteiger partial charge is 0.255 e. The largest absolute Gasteiger partial charge is 0.392 e. The highest BCUT2D eigenvalue weighted by molar-refractivity contribution is 6.05. The van der Waals surface area contributed by atoms with Gasteiger partial charge in [-0.2, -0.15) is 0 Å². The summed E-state index contributed by atoms with van der Waals surface area (Å²) in [5.41, 5.74) is 5.22. The van der Waals surface area contributed by atoms with Crippen molar-refractivity contribution in [3.05, 3.63) is 69.8 Å². The van der Waals surface area contributed by atoms with Crippen molar-refractivity contribution in [2.24, 2.45) is 0 Å². The lowest BCUT2D eigenvalue weighted by Gasteiger charge is -2.30. The number of carbonyl (C=O) groups excluding carboxylic acids is 4. The molecule has 5 rings (SSSR count). The molecule has 33 heavy (non-hydrogen) atoms. The number of imide groups is 1. The van der Waals surface area contributed by atoms with E-state index in [1.54, 1.807) is 12.1 Å². The number of aliphatic hydroxyl groups excluding tert-OH is 1. The van der Waals surface area contributed by atoms with E-state index >= 15 is 0 Å². The minimum Gasteiger partial charge on any atom is -0.392 e. The topological polar surface area (TPSA) is 107 Å². The second-order valence-electron chi connectivity index (χ2n) is 8.85. The number of fused-ring (bicyclic) bond motifs is 2. The van der Waals surface area contributed by atoms with Gasteiger partial charge in [0.05, 0.1) is 13.0 Å². The third kappa shape index (κ3) is 3.91. The monoisotopic (exact) mass is 447 g/mol. The Kier molecular flexibility index (Phi) is 5.46. The number of nitrogens with one attached hydrogen (secondary N) is 1. The zero-order chi connectivity index (χ0) is 23.1. The molecule has 0 aromatic heterocycles. The average molecular weight is 447 g/mol. The fourth-order valence-electron chi connectivity index (χ4n) is 5.01. The highest BCUT2D eigenvalue weighted by Crippen LogP contribution is 2.30. The van der Waals surface area contributed by atoms with Crippen LogP contribution in [-0.4, -0.2) is 51.1 Å². The molecule has 0 bridgehead atoms. The first kappa shape index (κ1) is 21.3. The molecule has 170 valence electrons. The molecule has 0 saturated carbocycles. The summed E-state index contributed by atoms with van der Waals surface area (Å²) in [4.78, 5) is 53.3. The van der Waals surface area contributed by atoms with Gasteiger partial charge in [0, 0.05) is 31.6 Å². The van der Waals surface area contributed by atoms with Crippen LogP contribution in [-0.2, 0) is 46.9 Å². The minimum atomic E-state index is -0.673. The summed E-state index contributed by atoms with van der Waals surface area (Å²) < 4.78 is 0. The van der Waals surface area contributed by atoms with E-state index in [0.29, 0.717) is 25.1 Å². The van der Waals surface area contributed by atoms with Gasteiger partial charge < -0.3 is 14.9 Å². The fourth-order valence-corrected chi connectivity index (χ4v) is 5.01. The van der Waals surface area contributed by atoms with Crippen molar-refractivity contribution >= 4 is 23.6 Å². The van der Waals surface area contributed by atoms with Crippen LogP contribution in [0.25, 0.3) is 0 Å². The lowest BCUT2D eigenvalue weighted by atomic mass is 9.96. The number of aliphatic hydroxyl groups is 1. The van der Waals surface area contributed by atoms with Crippen molar-refractivity contribution in [3.8, 4) is 0 Å². The summed E-state index contributed by atoms with van der Waals surface area (Å²) in [5.74, 6) is -1.00. The number of hydrogen-bond donors (Lipinski definition) is 2. The van der Waals surface area contributed by atoms with Crippen LogP contribution in [0.1, 0.15) is 51.0 Å². The van der Waals surface area contributed by atoms with E-state index < -0.39 is 11.9 Å². The number of amides is 4. The van der Waals surface area contributed by atoms with Gasteiger partial charge in [0.25, 0.3) is 5.91 Å². The van der Waals surface area contributed by atoms with Crippen LogP contribution < -0.4 is 5.32 Å². The maximum atomic E-state index is 13.1. The predicted molar refractivity (Wildman–Crippen MR) is 118 cm³/mol. The Morgan fingerprint density at radius 3 is 2.70 bits per heavy atom. The van der Waals surface area contributed by atoms with E-state index in [1.807, 2.05) is 29.2 Å². The van der Waals surface area contributed by atoms with Gasteiger partial charge in [0.15, 0.2) is 0 Å². The maximum absolute atomic E-state index is 13.1. The first-order valence-electron chi connectivity index (χ1n) is 11.2. The van der Waals surface area contributed by atoms with Gasteiger partial charge in [-0.05, 0) is 46.7 Å². The number of hydrogen-bond acceptors (Lipinski definition) is 5. The average Bonchev–Trinajstić information content (AvgIpc) is 3.15. The predicted octanol–water partition coefficient (Wildman–Crippen LogP) is 1.07. The highest BCUT2D eigenvalue weighted by atomic mass is 16.3. The Labute approximate surface area is 191 Å². The lowest BCUT2D eigenvalue weighted by Crippen LogP contribution is -2.52. The molecule has 0 radical (unpaired) electrons. The Morgan fingerprint density at radius 2 is 1.91 bits per heavy atom. The van der Waals surface area contributed by atoms with Gasteiger partial charge in [-0.15, -0.1) is 0 Å². The molecule has 3 heterocycles. The normalized spacial score (nSPS) is 19.9. The van der Waals surface area contributed by atoms with E-state index in [2.05, 4.69) is 5.32 Å². The number of nitrogens with zero attached hydrogens (tertiary/aromatic N) is 2. The third-order valence-corrected chi connectivity index (χ3v) is 6.84. The summed E-state index contributed by atoms with van der Waals surface area (Å²) in [6.07, 6.45) is 1.44. The van der Waals surface area contributed by atoms with E-state index in [4.69, 9.17) is 0 Å². The van der Waals surface area contributed by atoms with Gasteiger partial charge in [-0.1, -0.05) is 30.3 Å². The second-order valence-corrected chi connectivity index (χ2v) is 8.85. The molecule has 3 aliphatic rings. The molecule has 0 aliphatic carbocycles. The van der Waals surface area contributed by atoms with Crippen LogP contribution in [0.5, 0.6) is 0 Å². The molecule has 3 aliphatic heterocycles. The van der Waals surface area contributed by atoms with Gasteiger partial charge in [-0.25, -0.2) is 0 Å². The Morgan fingerprint density at radius 1 is 1.06 bits per heavy atom. The van der Waals surface area contributed by atoms with E-state index in [1.165, 1.54) is 4.90 Å². The third-order valence-electron chi connectivity index (χ3n) is 6.84. The molecule has 2 aromatic rings. The number of carbonyl (C=O) groups is 4. The van der Waals surface area contributed by atoms with Crippen molar-refractivity contribution in [3.63, 3.8) is 0 Å². The van der Waals surface area contributed by atoms with Crippen LogP contribution in [0.15, 0.2) is 36.4 Å². The van der Waals surface area contributed by atoms with E-state index in [-0.39, 0.29) is 43.7 Å². The first-order valence-corrected chi connectivity index (χ1v) is 11.2. The van der Waals surface area contributed by atoms with E-state index in [9.17, 15) is 24.3 Å². The van der Waals surface area contributed by atoms with Gasteiger partial charge in [-0.3, -0.25) is 24.5 Å². The molecular formula is C25H25N3O5. The summed E-state index contributed by atoms with van der Waals surface area (Å²) in [5, 5.41) is 11.7.